The van der Waals surface area contributed by atoms with E-state index in [1.165, 1.54) is 0 Å². The van der Waals surface area contributed by atoms with Crippen molar-refractivity contribution >= 4 is 5.97 Å². The molecule has 1 heterocycles. The number of carboxylic acids is 1. The SMILES string of the molecule is O=C(O)C1CC2(CC2)CO1. The molecular formula is C7H10O3. The summed E-state index contributed by atoms with van der Waals surface area (Å²) < 4.78 is 5.09. The van der Waals surface area contributed by atoms with Gasteiger partial charge in [-0.15, -0.1) is 0 Å². The van der Waals surface area contributed by atoms with E-state index in [-0.39, 0.29) is 0 Å². The van der Waals surface area contributed by atoms with Crippen molar-refractivity contribution in [3.63, 3.8) is 0 Å². The molecule has 0 amide bonds. The van der Waals surface area contributed by atoms with Crippen molar-refractivity contribution in [1.29, 1.82) is 0 Å². The maximum absolute atomic E-state index is 10.4. The summed E-state index contributed by atoms with van der Waals surface area (Å²) in [5, 5.41) is 8.55. The van der Waals surface area contributed by atoms with Crippen molar-refractivity contribution in [2.45, 2.75) is 25.4 Å². The Balaban J connectivity index is 1.99. The van der Waals surface area contributed by atoms with E-state index >= 15 is 0 Å². The minimum absolute atomic E-state index is 0.295. The lowest BCUT2D eigenvalue weighted by Crippen LogP contribution is -2.18. The van der Waals surface area contributed by atoms with E-state index in [9.17, 15) is 4.79 Å². The highest BCUT2D eigenvalue weighted by molar-refractivity contribution is 5.72. The molecule has 1 N–H and O–H groups in total. The van der Waals surface area contributed by atoms with Crippen LogP contribution in [0, 0.1) is 5.41 Å². The topological polar surface area (TPSA) is 46.5 Å². The van der Waals surface area contributed by atoms with Crippen molar-refractivity contribution in [2.24, 2.45) is 5.41 Å². The molecule has 3 heteroatoms. The van der Waals surface area contributed by atoms with Crippen LogP contribution < -0.4 is 0 Å². The zero-order valence-corrected chi connectivity index (χ0v) is 5.67. The summed E-state index contributed by atoms with van der Waals surface area (Å²) in [7, 11) is 0. The summed E-state index contributed by atoms with van der Waals surface area (Å²) in [5.41, 5.74) is 0.295. The number of carbonyl (C=O) groups is 1. The zero-order valence-electron chi connectivity index (χ0n) is 5.67. The predicted molar refractivity (Wildman–Crippen MR) is 33.7 cm³/mol. The first-order valence-electron chi connectivity index (χ1n) is 3.56. The fourth-order valence-electron chi connectivity index (χ4n) is 1.47. The molecule has 1 unspecified atom stereocenters. The molecule has 1 saturated carbocycles. The van der Waals surface area contributed by atoms with Crippen LogP contribution in [0.5, 0.6) is 0 Å². The Hall–Kier alpha value is -0.570. The highest BCUT2D eigenvalue weighted by Crippen LogP contribution is 2.53. The van der Waals surface area contributed by atoms with Crippen molar-refractivity contribution in [3.8, 4) is 0 Å². The van der Waals surface area contributed by atoms with Gasteiger partial charge in [-0.2, -0.15) is 0 Å². The molecule has 0 radical (unpaired) electrons. The highest BCUT2D eigenvalue weighted by atomic mass is 16.5. The number of ether oxygens (including phenoxy) is 1. The van der Waals surface area contributed by atoms with Gasteiger partial charge in [-0.1, -0.05) is 0 Å². The van der Waals surface area contributed by atoms with Gasteiger partial charge in [0, 0.05) is 0 Å². The predicted octanol–water partition coefficient (Wildman–Crippen LogP) is 0.640. The van der Waals surface area contributed by atoms with Crippen LogP contribution in [0.25, 0.3) is 0 Å². The number of rotatable bonds is 1. The summed E-state index contributed by atoms with van der Waals surface area (Å²) in [5.74, 6) is -0.802. The first kappa shape index (κ1) is 6.16. The molecule has 56 valence electrons. The van der Waals surface area contributed by atoms with Gasteiger partial charge in [0.05, 0.1) is 6.61 Å². The molecule has 0 aromatic heterocycles. The molecule has 1 atom stereocenters. The van der Waals surface area contributed by atoms with Crippen LogP contribution in [0.1, 0.15) is 19.3 Å². The smallest absolute Gasteiger partial charge is 0.332 e. The molecule has 2 aliphatic rings. The van der Waals surface area contributed by atoms with E-state index in [0.717, 1.165) is 19.3 Å². The van der Waals surface area contributed by atoms with Crippen LogP contribution in [0.2, 0.25) is 0 Å². The normalized spacial score (nSPS) is 34.6. The second-order valence-corrected chi connectivity index (χ2v) is 3.34. The third-order valence-electron chi connectivity index (χ3n) is 2.44. The number of carboxylic acid groups (broad SMARTS) is 1. The van der Waals surface area contributed by atoms with Gasteiger partial charge in [-0.25, -0.2) is 4.79 Å². The molecule has 3 nitrogen and oxygen atoms in total. The summed E-state index contributed by atoms with van der Waals surface area (Å²) in [6, 6.07) is 0. The average Bonchev–Trinajstić information content (AvgIpc) is 2.41. The van der Waals surface area contributed by atoms with Gasteiger partial charge in [-0.3, -0.25) is 0 Å². The van der Waals surface area contributed by atoms with Crippen LogP contribution in [-0.2, 0) is 9.53 Å². The van der Waals surface area contributed by atoms with Crippen LogP contribution in [0.3, 0.4) is 0 Å². The minimum atomic E-state index is -0.802. The minimum Gasteiger partial charge on any atom is -0.479 e. The van der Waals surface area contributed by atoms with E-state index in [4.69, 9.17) is 9.84 Å². The second kappa shape index (κ2) is 1.72. The summed E-state index contributed by atoms with van der Waals surface area (Å²) in [4.78, 5) is 10.4. The van der Waals surface area contributed by atoms with E-state index in [1.54, 1.807) is 0 Å². The van der Waals surface area contributed by atoms with E-state index in [1.807, 2.05) is 0 Å². The number of aliphatic carboxylic acids is 1. The Morgan fingerprint density at radius 1 is 1.60 bits per heavy atom. The summed E-state index contributed by atoms with van der Waals surface area (Å²) in [6.07, 6.45) is 2.55. The van der Waals surface area contributed by atoms with Crippen molar-refractivity contribution < 1.29 is 14.6 Å². The maximum Gasteiger partial charge on any atom is 0.332 e. The fraction of sp³-hybridized carbons (Fsp3) is 0.857. The van der Waals surface area contributed by atoms with Crippen LogP contribution in [0.15, 0.2) is 0 Å². The van der Waals surface area contributed by atoms with E-state index in [2.05, 4.69) is 0 Å². The number of hydrogen-bond donors (Lipinski definition) is 1. The van der Waals surface area contributed by atoms with Crippen molar-refractivity contribution in [1.82, 2.24) is 0 Å². The molecule has 0 aromatic rings. The third-order valence-corrected chi connectivity index (χ3v) is 2.44. The molecule has 1 aliphatic carbocycles. The fourth-order valence-corrected chi connectivity index (χ4v) is 1.47. The second-order valence-electron chi connectivity index (χ2n) is 3.34. The molecule has 1 saturated heterocycles. The molecule has 1 spiro atoms. The molecule has 10 heavy (non-hydrogen) atoms. The lowest BCUT2D eigenvalue weighted by atomic mass is 10.0. The Morgan fingerprint density at radius 3 is 2.60 bits per heavy atom. The van der Waals surface area contributed by atoms with E-state index < -0.39 is 12.1 Å². The zero-order chi connectivity index (χ0) is 7.19. The average molecular weight is 142 g/mol. The molecule has 0 bridgehead atoms. The van der Waals surface area contributed by atoms with Gasteiger partial charge in [0.25, 0.3) is 0 Å². The van der Waals surface area contributed by atoms with Gasteiger partial charge in [0.15, 0.2) is 6.10 Å². The molecule has 2 rings (SSSR count). The molecule has 1 aliphatic heterocycles. The standard InChI is InChI=1S/C7H10O3/c8-6(9)5-3-7(1-2-7)4-10-5/h5H,1-4H2,(H,8,9). The highest BCUT2D eigenvalue weighted by Gasteiger charge is 2.51. The van der Waals surface area contributed by atoms with E-state index in [0.29, 0.717) is 12.0 Å². The van der Waals surface area contributed by atoms with Gasteiger partial charge < -0.3 is 9.84 Å². The third kappa shape index (κ3) is 0.814. The lowest BCUT2D eigenvalue weighted by molar-refractivity contribution is -0.147. The van der Waals surface area contributed by atoms with Gasteiger partial charge >= 0.3 is 5.97 Å². The largest absolute Gasteiger partial charge is 0.479 e. The quantitative estimate of drug-likeness (QED) is 0.584. The number of hydrogen-bond acceptors (Lipinski definition) is 2. The van der Waals surface area contributed by atoms with Crippen LogP contribution >= 0.6 is 0 Å². The Labute approximate surface area is 59.0 Å². The summed E-state index contributed by atoms with van der Waals surface area (Å²) in [6.45, 7) is 0.671. The monoisotopic (exact) mass is 142 g/mol. The van der Waals surface area contributed by atoms with Gasteiger partial charge in [0.1, 0.15) is 0 Å². The lowest BCUT2D eigenvalue weighted by Gasteiger charge is -2.00. The van der Waals surface area contributed by atoms with Gasteiger partial charge in [-0.05, 0) is 24.7 Å². The van der Waals surface area contributed by atoms with Gasteiger partial charge in [0.2, 0.25) is 0 Å². The van der Waals surface area contributed by atoms with Crippen LogP contribution in [-0.4, -0.2) is 23.8 Å². The molecule has 0 aromatic carbocycles. The first-order chi connectivity index (χ1) is 4.72. The maximum atomic E-state index is 10.4. The summed E-state index contributed by atoms with van der Waals surface area (Å²) >= 11 is 0. The first-order valence-corrected chi connectivity index (χ1v) is 3.56. The molecular weight excluding hydrogens is 132 g/mol. The Kier molecular flexibility index (Phi) is 1.06. The Morgan fingerprint density at radius 2 is 2.30 bits per heavy atom. The van der Waals surface area contributed by atoms with Crippen LogP contribution in [0.4, 0.5) is 0 Å². The molecule has 2 fully saturated rings. The Bertz CT molecular complexity index is 172. The van der Waals surface area contributed by atoms with Crippen molar-refractivity contribution in [2.75, 3.05) is 6.61 Å². The van der Waals surface area contributed by atoms with Crippen molar-refractivity contribution in [3.05, 3.63) is 0 Å².